The number of hydrogen-bond donors (Lipinski definition) is 0. The van der Waals surface area contributed by atoms with Crippen molar-refractivity contribution in [2.45, 2.75) is 11.8 Å². The van der Waals surface area contributed by atoms with E-state index in [0.29, 0.717) is 19.6 Å². The van der Waals surface area contributed by atoms with E-state index in [2.05, 4.69) is 10.8 Å². The summed E-state index contributed by atoms with van der Waals surface area (Å²) < 4.78 is 9.90. The van der Waals surface area contributed by atoms with Gasteiger partial charge in [0.05, 0.1) is 32.2 Å². The number of carbonyl (C=O) groups excluding carboxylic acids is 1. The Morgan fingerprint density at radius 3 is 2.93 bits per heavy atom. The Balaban J connectivity index is 2.14. The topological polar surface area (TPSA) is 35.5 Å². The molecule has 1 fully saturated rings. The highest BCUT2D eigenvalue weighted by atomic mass is 32.1. The van der Waals surface area contributed by atoms with Crippen molar-refractivity contribution in [3.8, 4) is 0 Å². The van der Waals surface area contributed by atoms with Crippen molar-refractivity contribution < 1.29 is 14.3 Å². The van der Waals surface area contributed by atoms with E-state index in [9.17, 15) is 4.79 Å². The summed E-state index contributed by atoms with van der Waals surface area (Å²) in [4.78, 5) is 12.5. The standard InChI is InChI=1S/C10H12O3S/c1-12-9(11)5-10(6-13-7-10)8-3-2-4-14-8/h2-4H,5-7H2,1H3. The van der Waals surface area contributed by atoms with Gasteiger partial charge in [-0.3, -0.25) is 4.79 Å². The fraction of sp³-hybridized carbons (Fsp3) is 0.500. The lowest BCUT2D eigenvalue weighted by molar-refractivity contribution is -0.148. The second-order valence-corrected chi connectivity index (χ2v) is 4.45. The highest BCUT2D eigenvalue weighted by molar-refractivity contribution is 7.10. The monoisotopic (exact) mass is 212 g/mol. The molecule has 1 aliphatic heterocycles. The summed E-state index contributed by atoms with van der Waals surface area (Å²) in [6, 6.07) is 4.05. The van der Waals surface area contributed by atoms with Crippen LogP contribution in [0.15, 0.2) is 17.5 Å². The third-order valence-corrected chi connectivity index (χ3v) is 3.63. The van der Waals surface area contributed by atoms with Gasteiger partial charge in [-0.25, -0.2) is 0 Å². The first-order chi connectivity index (χ1) is 6.77. The second kappa shape index (κ2) is 3.71. The maximum absolute atomic E-state index is 11.2. The number of hydrogen-bond acceptors (Lipinski definition) is 4. The number of methoxy groups -OCH3 is 1. The van der Waals surface area contributed by atoms with Crippen LogP contribution >= 0.6 is 11.3 Å². The van der Waals surface area contributed by atoms with Gasteiger partial charge in [-0.05, 0) is 11.4 Å². The molecule has 0 bridgehead atoms. The van der Waals surface area contributed by atoms with Crippen molar-refractivity contribution in [1.29, 1.82) is 0 Å². The molecule has 3 nitrogen and oxygen atoms in total. The number of ether oxygens (including phenoxy) is 2. The normalized spacial score (nSPS) is 18.6. The van der Waals surface area contributed by atoms with Crippen LogP contribution in [0.1, 0.15) is 11.3 Å². The number of esters is 1. The van der Waals surface area contributed by atoms with Gasteiger partial charge in [0.2, 0.25) is 0 Å². The highest BCUT2D eigenvalue weighted by Crippen LogP contribution is 2.38. The van der Waals surface area contributed by atoms with Crippen molar-refractivity contribution in [2.24, 2.45) is 0 Å². The maximum atomic E-state index is 11.2. The summed E-state index contributed by atoms with van der Waals surface area (Å²) in [5.41, 5.74) is -0.110. The van der Waals surface area contributed by atoms with Crippen LogP contribution in [0.4, 0.5) is 0 Å². The molecule has 0 aliphatic carbocycles. The zero-order valence-electron chi connectivity index (χ0n) is 7.99. The highest BCUT2D eigenvalue weighted by Gasteiger charge is 2.43. The minimum absolute atomic E-state index is 0.110. The smallest absolute Gasteiger partial charge is 0.306 e. The van der Waals surface area contributed by atoms with Gasteiger partial charge in [0.25, 0.3) is 0 Å². The SMILES string of the molecule is COC(=O)CC1(c2cccs2)COC1. The molecule has 0 N–H and O–H groups in total. The summed E-state index contributed by atoms with van der Waals surface area (Å²) in [6.45, 7) is 1.26. The van der Waals surface area contributed by atoms with Gasteiger partial charge in [-0.1, -0.05) is 6.07 Å². The molecule has 0 aromatic carbocycles. The molecule has 14 heavy (non-hydrogen) atoms. The zero-order valence-corrected chi connectivity index (χ0v) is 8.80. The Labute approximate surface area is 86.6 Å². The molecule has 0 spiro atoms. The van der Waals surface area contributed by atoms with E-state index in [4.69, 9.17) is 4.74 Å². The molecule has 4 heteroatoms. The Kier molecular flexibility index (Phi) is 2.56. The van der Waals surface area contributed by atoms with Gasteiger partial charge in [-0.2, -0.15) is 0 Å². The lowest BCUT2D eigenvalue weighted by Crippen LogP contribution is -2.47. The molecule has 0 saturated carbocycles. The van der Waals surface area contributed by atoms with Crippen LogP contribution in [0.5, 0.6) is 0 Å². The lowest BCUT2D eigenvalue weighted by atomic mass is 9.81. The molecule has 2 rings (SSSR count). The van der Waals surface area contributed by atoms with Crippen LogP contribution in [0.2, 0.25) is 0 Å². The summed E-state index contributed by atoms with van der Waals surface area (Å²) in [7, 11) is 1.42. The van der Waals surface area contributed by atoms with Crippen LogP contribution in [-0.2, 0) is 19.7 Å². The Morgan fingerprint density at radius 1 is 1.71 bits per heavy atom. The van der Waals surface area contributed by atoms with Gasteiger partial charge in [0.1, 0.15) is 0 Å². The van der Waals surface area contributed by atoms with Crippen molar-refractivity contribution in [3.63, 3.8) is 0 Å². The first kappa shape index (κ1) is 9.68. The molecular formula is C10H12O3S. The molecule has 1 aromatic rings. The molecule has 0 atom stereocenters. The van der Waals surface area contributed by atoms with Crippen molar-refractivity contribution in [2.75, 3.05) is 20.3 Å². The third kappa shape index (κ3) is 1.55. The number of thiophene rings is 1. The van der Waals surface area contributed by atoms with E-state index >= 15 is 0 Å². The predicted molar refractivity (Wildman–Crippen MR) is 53.4 cm³/mol. The van der Waals surface area contributed by atoms with E-state index in [1.807, 2.05) is 11.4 Å². The average molecular weight is 212 g/mol. The summed E-state index contributed by atoms with van der Waals surface area (Å²) in [5.74, 6) is -0.165. The summed E-state index contributed by atoms with van der Waals surface area (Å²) >= 11 is 1.67. The van der Waals surface area contributed by atoms with E-state index in [-0.39, 0.29) is 11.4 Å². The minimum Gasteiger partial charge on any atom is -0.469 e. The van der Waals surface area contributed by atoms with Crippen LogP contribution in [0.25, 0.3) is 0 Å². The van der Waals surface area contributed by atoms with Gasteiger partial charge < -0.3 is 9.47 Å². The molecule has 0 unspecified atom stereocenters. The van der Waals surface area contributed by atoms with Crippen LogP contribution in [-0.4, -0.2) is 26.3 Å². The van der Waals surface area contributed by atoms with Crippen LogP contribution in [0, 0.1) is 0 Å². The molecule has 1 saturated heterocycles. The zero-order chi connectivity index (χ0) is 10.0. The molecule has 1 aromatic heterocycles. The van der Waals surface area contributed by atoms with Crippen molar-refractivity contribution in [3.05, 3.63) is 22.4 Å². The molecule has 0 radical (unpaired) electrons. The molecule has 76 valence electrons. The first-order valence-corrected chi connectivity index (χ1v) is 5.33. The van der Waals surface area contributed by atoms with Crippen molar-refractivity contribution in [1.82, 2.24) is 0 Å². The average Bonchev–Trinajstić information content (AvgIpc) is 2.63. The van der Waals surface area contributed by atoms with E-state index in [1.54, 1.807) is 11.3 Å². The maximum Gasteiger partial charge on any atom is 0.306 e. The number of carbonyl (C=O) groups is 1. The second-order valence-electron chi connectivity index (χ2n) is 3.50. The van der Waals surface area contributed by atoms with Crippen LogP contribution < -0.4 is 0 Å². The minimum atomic E-state index is -0.165. The summed E-state index contributed by atoms with van der Waals surface area (Å²) in [5, 5.41) is 2.02. The summed E-state index contributed by atoms with van der Waals surface area (Å²) in [6.07, 6.45) is 0.421. The van der Waals surface area contributed by atoms with E-state index < -0.39 is 0 Å². The molecule has 2 heterocycles. The number of rotatable bonds is 3. The lowest BCUT2D eigenvalue weighted by Gasteiger charge is -2.39. The van der Waals surface area contributed by atoms with Gasteiger partial charge in [0.15, 0.2) is 0 Å². The predicted octanol–water partition coefficient (Wildman–Crippen LogP) is 1.58. The van der Waals surface area contributed by atoms with Gasteiger partial charge >= 0.3 is 5.97 Å². The van der Waals surface area contributed by atoms with Crippen molar-refractivity contribution >= 4 is 17.3 Å². The van der Waals surface area contributed by atoms with Crippen LogP contribution in [0.3, 0.4) is 0 Å². The third-order valence-electron chi connectivity index (χ3n) is 2.51. The van der Waals surface area contributed by atoms with Gasteiger partial charge in [0, 0.05) is 4.88 Å². The Bertz CT molecular complexity index is 314. The molecular weight excluding hydrogens is 200 g/mol. The molecule has 0 amide bonds. The largest absolute Gasteiger partial charge is 0.469 e. The quantitative estimate of drug-likeness (QED) is 0.714. The molecule has 1 aliphatic rings. The fourth-order valence-corrected chi connectivity index (χ4v) is 2.51. The van der Waals surface area contributed by atoms with E-state index in [0.717, 1.165) is 0 Å². The first-order valence-electron chi connectivity index (χ1n) is 4.45. The Hall–Kier alpha value is -0.870. The van der Waals surface area contributed by atoms with Gasteiger partial charge in [-0.15, -0.1) is 11.3 Å². The fourth-order valence-electron chi connectivity index (χ4n) is 1.61. The Morgan fingerprint density at radius 2 is 2.50 bits per heavy atom. The van der Waals surface area contributed by atoms with E-state index in [1.165, 1.54) is 12.0 Å².